The number of carboxylic acids is 1. The number of amides is 1. The normalized spacial score (nSPS) is 10.3. The van der Waals surface area contributed by atoms with Gasteiger partial charge in [0, 0.05) is 17.5 Å². The number of hydrogen-bond acceptors (Lipinski definition) is 4. The van der Waals surface area contributed by atoms with Crippen molar-refractivity contribution < 1.29 is 14.7 Å². The van der Waals surface area contributed by atoms with Gasteiger partial charge in [-0.3, -0.25) is 14.9 Å². The second-order valence-electron chi connectivity index (χ2n) is 5.64. The molecule has 0 atom stereocenters. The standard InChI is InChI=1S/C20H17N3O3/c24-18(11-12-19(25)26)23-20-21-16(14-7-3-1-4-8-14)13-17(22-20)15-9-5-2-6-10-15/h1-10,13H,11-12H2,(H,25,26)(H,21,22,23,24). The van der Waals surface area contributed by atoms with Crippen LogP contribution in [0.1, 0.15) is 12.8 Å². The van der Waals surface area contributed by atoms with Crippen molar-refractivity contribution in [3.05, 3.63) is 66.7 Å². The zero-order valence-corrected chi connectivity index (χ0v) is 13.9. The van der Waals surface area contributed by atoms with Crippen LogP contribution >= 0.6 is 0 Å². The van der Waals surface area contributed by atoms with Crippen LogP contribution in [0.5, 0.6) is 0 Å². The number of aromatic nitrogens is 2. The number of rotatable bonds is 6. The molecule has 0 radical (unpaired) electrons. The lowest BCUT2D eigenvalue weighted by Gasteiger charge is -2.09. The maximum atomic E-state index is 12.0. The van der Waals surface area contributed by atoms with Gasteiger partial charge < -0.3 is 5.11 Å². The molecule has 3 aromatic rings. The Morgan fingerprint density at radius 2 is 1.31 bits per heavy atom. The summed E-state index contributed by atoms with van der Waals surface area (Å²) in [6.45, 7) is 0. The summed E-state index contributed by atoms with van der Waals surface area (Å²) in [4.78, 5) is 31.4. The van der Waals surface area contributed by atoms with E-state index in [1.165, 1.54) is 0 Å². The van der Waals surface area contributed by atoms with Crippen LogP contribution in [0.15, 0.2) is 66.7 Å². The molecule has 1 aromatic heterocycles. The van der Waals surface area contributed by atoms with Gasteiger partial charge in [-0.1, -0.05) is 60.7 Å². The van der Waals surface area contributed by atoms with Crippen LogP contribution in [-0.4, -0.2) is 27.0 Å². The molecule has 0 fully saturated rings. The lowest BCUT2D eigenvalue weighted by atomic mass is 10.1. The zero-order valence-electron chi connectivity index (χ0n) is 13.9. The van der Waals surface area contributed by atoms with Crippen molar-refractivity contribution in [2.24, 2.45) is 0 Å². The van der Waals surface area contributed by atoms with E-state index < -0.39 is 11.9 Å². The highest BCUT2D eigenvalue weighted by Crippen LogP contribution is 2.25. The van der Waals surface area contributed by atoms with Crippen molar-refractivity contribution in [1.82, 2.24) is 9.97 Å². The average Bonchev–Trinajstić information content (AvgIpc) is 2.67. The maximum Gasteiger partial charge on any atom is 0.303 e. The molecule has 6 nitrogen and oxygen atoms in total. The van der Waals surface area contributed by atoms with E-state index in [1.807, 2.05) is 66.7 Å². The predicted octanol–water partition coefficient (Wildman–Crippen LogP) is 3.61. The lowest BCUT2D eigenvalue weighted by Crippen LogP contribution is -2.15. The van der Waals surface area contributed by atoms with E-state index in [9.17, 15) is 9.59 Å². The molecule has 130 valence electrons. The summed E-state index contributed by atoms with van der Waals surface area (Å²) in [5.74, 6) is -1.30. The molecule has 0 saturated heterocycles. The highest BCUT2D eigenvalue weighted by atomic mass is 16.4. The fraction of sp³-hybridized carbons (Fsp3) is 0.100. The molecular formula is C20H17N3O3. The van der Waals surface area contributed by atoms with Gasteiger partial charge in [-0.15, -0.1) is 0 Å². The Labute approximate surface area is 150 Å². The topological polar surface area (TPSA) is 92.2 Å². The Kier molecular flexibility index (Phi) is 5.34. The number of nitrogens with one attached hydrogen (secondary N) is 1. The second-order valence-corrected chi connectivity index (χ2v) is 5.64. The van der Waals surface area contributed by atoms with Crippen molar-refractivity contribution in [3.8, 4) is 22.5 Å². The molecule has 0 unspecified atom stereocenters. The predicted molar refractivity (Wildman–Crippen MR) is 98.4 cm³/mol. The summed E-state index contributed by atoms with van der Waals surface area (Å²) >= 11 is 0. The molecular weight excluding hydrogens is 330 g/mol. The minimum absolute atomic E-state index is 0.130. The van der Waals surface area contributed by atoms with Gasteiger partial charge in [-0.2, -0.15) is 0 Å². The minimum atomic E-state index is -1.02. The first-order valence-corrected chi connectivity index (χ1v) is 8.13. The molecule has 1 heterocycles. The van der Waals surface area contributed by atoms with Crippen LogP contribution in [0.3, 0.4) is 0 Å². The largest absolute Gasteiger partial charge is 0.481 e. The summed E-state index contributed by atoms with van der Waals surface area (Å²) in [6.07, 6.45) is -0.370. The third-order valence-corrected chi connectivity index (χ3v) is 3.68. The molecule has 0 saturated carbocycles. The third-order valence-electron chi connectivity index (χ3n) is 3.68. The van der Waals surface area contributed by atoms with Crippen molar-refractivity contribution in [3.63, 3.8) is 0 Å². The maximum absolute atomic E-state index is 12.0. The second kappa shape index (κ2) is 8.02. The SMILES string of the molecule is O=C(O)CCC(=O)Nc1nc(-c2ccccc2)cc(-c2ccccc2)n1. The van der Waals surface area contributed by atoms with E-state index in [2.05, 4.69) is 15.3 Å². The molecule has 0 spiro atoms. The molecule has 2 aromatic carbocycles. The summed E-state index contributed by atoms with van der Waals surface area (Å²) < 4.78 is 0. The minimum Gasteiger partial charge on any atom is -0.481 e. The summed E-state index contributed by atoms with van der Waals surface area (Å²) in [6, 6.07) is 21.0. The van der Waals surface area contributed by atoms with Crippen molar-refractivity contribution >= 4 is 17.8 Å². The molecule has 0 aliphatic heterocycles. The first kappa shape index (κ1) is 17.3. The Bertz CT molecular complexity index is 854. The molecule has 26 heavy (non-hydrogen) atoms. The number of hydrogen-bond donors (Lipinski definition) is 2. The van der Waals surface area contributed by atoms with Gasteiger partial charge in [-0.05, 0) is 6.07 Å². The zero-order chi connectivity index (χ0) is 18.4. The Hall–Kier alpha value is -3.54. The quantitative estimate of drug-likeness (QED) is 0.710. The van der Waals surface area contributed by atoms with Gasteiger partial charge in [0.25, 0.3) is 0 Å². The van der Waals surface area contributed by atoms with Crippen molar-refractivity contribution in [2.75, 3.05) is 5.32 Å². The van der Waals surface area contributed by atoms with E-state index in [-0.39, 0.29) is 18.8 Å². The van der Waals surface area contributed by atoms with Gasteiger partial charge in [0.1, 0.15) is 0 Å². The Morgan fingerprint density at radius 1 is 0.808 bits per heavy atom. The first-order chi connectivity index (χ1) is 12.6. The summed E-state index contributed by atoms with van der Waals surface area (Å²) in [5.41, 5.74) is 3.14. The molecule has 1 amide bonds. The number of carboxylic acid groups (broad SMARTS) is 1. The number of carbonyl (C=O) groups excluding carboxylic acids is 1. The number of nitrogens with zero attached hydrogens (tertiary/aromatic N) is 2. The van der Waals surface area contributed by atoms with E-state index in [0.29, 0.717) is 11.4 Å². The highest BCUT2D eigenvalue weighted by molar-refractivity contribution is 5.91. The van der Waals surface area contributed by atoms with Crippen LogP contribution in [0.2, 0.25) is 0 Å². The fourth-order valence-electron chi connectivity index (χ4n) is 2.42. The first-order valence-electron chi connectivity index (χ1n) is 8.13. The van der Waals surface area contributed by atoms with Crippen molar-refractivity contribution in [1.29, 1.82) is 0 Å². The molecule has 3 rings (SSSR count). The van der Waals surface area contributed by atoms with Crippen LogP contribution in [0.4, 0.5) is 5.95 Å². The Balaban J connectivity index is 1.95. The van der Waals surface area contributed by atoms with E-state index in [1.54, 1.807) is 0 Å². The summed E-state index contributed by atoms with van der Waals surface area (Å²) in [5, 5.41) is 11.3. The van der Waals surface area contributed by atoms with Crippen LogP contribution in [0.25, 0.3) is 22.5 Å². The van der Waals surface area contributed by atoms with Crippen LogP contribution < -0.4 is 5.32 Å². The molecule has 0 aliphatic rings. The summed E-state index contributed by atoms with van der Waals surface area (Å²) in [7, 11) is 0. The monoisotopic (exact) mass is 347 g/mol. The van der Waals surface area contributed by atoms with Gasteiger partial charge in [0.2, 0.25) is 11.9 Å². The van der Waals surface area contributed by atoms with Gasteiger partial charge in [0.05, 0.1) is 17.8 Å². The average molecular weight is 347 g/mol. The molecule has 0 aliphatic carbocycles. The smallest absolute Gasteiger partial charge is 0.303 e. The van der Waals surface area contributed by atoms with E-state index >= 15 is 0 Å². The van der Waals surface area contributed by atoms with Gasteiger partial charge in [0.15, 0.2) is 0 Å². The number of benzene rings is 2. The van der Waals surface area contributed by atoms with Gasteiger partial charge >= 0.3 is 5.97 Å². The number of carbonyl (C=O) groups is 2. The molecule has 6 heteroatoms. The Morgan fingerprint density at radius 3 is 1.77 bits per heavy atom. The van der Waals surface area contributed by atoms with Gasteiger partial charge in [-0.25, -0.2) is 9.97 Å². The third kappa shape index (κ3) is 4.51. The number of aliphatic carboxylic acids is 1. The fourth-order valence-corrected chi connectivity index (χ4v) is 2.42. The lowest BCUT2D eigenvalue weighted by molar-refractivity contribution is -0.138. The highest BCUT2D eigenvalue weighted by Gasteiger charge is 2.12. The van der Waals surface area contributed by atoms with Crippen LogP contribution in [-0.2, 0) is 9.59 Å². The van der Waals surface area contributed by atoms with E-state index in [0.717, 1.165) is 11.1 Å². The molecule has 2 N–H and O–H groups in total. The molecule has 0 bridgehead atoms. The van der Waals surface area contributed by atoms with E-state index in [4.69, 9.17) is 5.11 Å². The number of anilines is 1. The van der Waals surface area contributed by atoms with Crippen LogP contribution in [0, 0.1) is 0 Å². The van der Waals surface area contributed by atoms with Crippen molar-refractivity contribution in [2.45, 2.75) is 12.8 Å².